The van der Waals surface area contributed by atoms with Crippen LogP contribution in [0.4, 0.5) is 10.1 Å². The van der Waals surface area contributed by atoms with E-state index < -0.39 is 0 Å². The number of carbonyl (C=O) groups is 1. The normalized spacial score (nSPS) is 10.2. The summed E-state index contributed by atoms with van der Waals surface area (Å²) in [4.78, 5) is 12.0. The Morgan fingerprint density at radius 1 is 1.06 bits per heavy atom. The number of amides is 1. The van der Waals surface area contributed by atoms with Crippen LogP contribution in [-0.4, -0.2) is 5.91 Å². The number of aryl methyl sites for hydroxylation is 2. The Hall–Kier alpha value is -2.16. The molecule has 1 N–H and O–H groups in total. The molecule has 0 atom stereocenters. The summed E-state index contributed by atoms with van der Waals surface area (Å²) < 4.78 is 13.1. The molecule has 2 nitrogen and oxygen atoms in total. The number of halogens is 1. The Balaban J connectivity index is 2.22. The van der Waals surface area contributed by atoms with Crippen molar-refractivity contribution in [2.45, 2.75) is 13.8 Å². The fourth-order valence-electron chi connectivity index (χ4n) is 1.69. The number of hydrogen-bond acceptors (Lipinski definition) is 1. The van der Waals surface area contributed by atoms with Gasteiger partial charge in [0.1, 0.15) is 5.82 Å². The van der Waals surface area contributed by atoms with Crippen molar-refractivity contribution in [1.82, 2.24) is 0 Å². The highest BCUT2D eigenvalue weighted by molar-refractivity contribution is 6.04. The van der Waals surface area contributed by atoms with Gasteiger partial charge in [0, 0.05) is 11.3 Å². The number of carbonyl (C=O) groups excluding carboxylic acids is 1. The molecule has 0 spiro atoms. The fraction of sp³-hybridized carbons (Fsp3) is 0.133. The Morgan fingerprint density at radius 2 is 1.78 bits per heavy atom. The predicted octanol–water partition coefficient (Wildman–Crippen LogP) is 3.69. The number of para-hydroxylation sites is 1. The molecule has 2 rings (SSSR count). The average molecular weight is 243 g/mol. The quantitative estimate of drug-likeness (QED) is 0.856. The minimum atomic E-state index is -0.303. The molecule has 0 aliphatic heterocycles. The summed E-state index contributed by atoms with van der Waals surface area (Å²) >= 11 is 0. The van der Waals surface area contributed by atoms with Crippen LogP contribution < -0.4 is 5.32 Å². The predicted molar refractivity (Wildman–Crippen MR) is 70.3 cm³/mol. The Labute approximate surface area is 105 Å². The molecule has 0 bridgehead atoms. The van der Waals surface area contributed by atoms with Gasteiger partial charge >= 0.3 is 0 Å². The van der Waals surface area contributed by atoms with Crippen LogP contribution in [0.1, 0.15) is 21.5 Å². The van der Waals surface area contributed by atoms with Gasteiger partial charge in [-0.1, -0.05) is 18.2 Å². The third-order valence-electron chi connectivity index (χ3n) is 2.81. The van der Waals surface area contributed by atoms with E-state index in [2.05, 4.69) is 5.32 Å². The van der Waals surface area contributed by atoms with Crippen molar-refractivity contribution < 1.29 is 9.18 Å². The van der Waals surface area contributed by atoms with Crippen molar-refractivity contribution in [3.8, 4) is 0 Å². The van der Waals surface area contributed by atoms with Gasteiger partial charge < -0.3 is 5.32 Å². The zero-order chi connectivity index (χ0) is 13.1. The van der Waals surface area contributed by atoms with Gasteiger partial charge in [-0.05, 0) is 49.2 Å². The molecule has 0 fully saturated rings. The van der Waals surface area contributed by atoms with Crippen molar-refractivity contribution in [2.75, 3.05) is 5.32 Å². The van der Waals surface area contributed by atoms with Crippen LogP contribution in [0.15, 0.2) is 42.5 Å². The lowest BCUT2D eigenvalue weighted by molar-refractivity contribution is 0.102. The molecule has 2 aromatic carbocycles. The minimum Gasteiger partial charge on any atom is -0.322 e. The van der Waals surface area contributed by atoms with Gasteiger partial charge in [-0.15, -0.1) is 0 Å². The van der Waals surface area contributed by atoms with Gasteiger partial charge in [-0.2, -0.15) is 0 Å². The third-order valence-corrected chi connectivity index (χ3v) is 2.81. The van der Waals surface area contributed by atoms with E-state index >= 15 is 0 Å². The summed E-state index contributed by atoms with van der Waals surface area (Å²) in [6.45, 7) is 3.56. The minimum absolute atomic E-state index is 0.229. The largest absolute Gasteiger partial charge is 0.322 e. The van der Waals surface area contributed by atoms with Crippen molar-refractivity contribution >= 4 is 11.6 Å². The number of nitrogens with one attached hydrogen (secondary N) is 1. The molecule has 0 aliphatic carbocycles. The average Bonchev–Trinajstić information content (AvgIpc) is 2.35. The van der Waals surface area contributed by atoms with E-state index in [-0.39, 0.29) is 11.7 Å². The van der Waals surface area contributed by atoms with Crippen LogP contribution in [0.25, 0.3) is 0 Å². The molecular weight excluding hydrogens is 229 g/mol. The lowest BCUT2D eigenvalue weighted by atomic mass is 10.1. The van der Waals surface area contributed by atoms with Gasteiger partial charge in [0.05, 0.1) is 0 Å². The van der Waals surface area contributed by atoms with E-state index in [4.69, 9.17) is 0 Å². The number of anilines is 1. The molecule has 1 amide bonds. The standard InChI is InChI=1S/C15H14FNO/c1-10-5-3-4-6-14(10)17-15(18)12-7-8-13(16)11(2)9-12/h3-9H,1-2H3,(H,17,18). The molecule has 0 aromatic heterocycles. The van der Waals surface area contributed by atoms with E-state index in [1.54, 1.807) is 13.0 Å². The molecule has 0 heterocycles. The molecule has 92 valence electrons. The first-order valence-electron chi connectivity index (χ1n) is 5.71. The van der Waals surface area contributed by atoms with Gasteiger partial charge in [-0.3, -0.25) is 4.79 Å². The lowest BCUT2D eigenvalue weighted by Crippen LogP contribution is -2.13. The Bertz CT molecular complexity index is 593. The maximum absolute atomic E-state index is 13.1. The fourth-order valence-corrected chi connectivity index (χ4v) is 1.69. The van der Waals surface area contributed by atoms with Crippen molar-refractivity contribution in [2.24, 2.45) is 0 Å². The molecule has 0 unspecified atom stereocenters. The summed E-state index contributed by atoms with van der Waals surface area (Å²) in [6, 6.07) is 11.9. The van der Waals surface area contributed by atoms with Crippen LogP contribution in [-0.2, 0) is 0 Å². The second-order valence-corrected chi connectivity index (χ2v) is 4.23. The van der Waals surface area contributed by atoms with Crippen molar-refractivity contribution in [1.29, 1.82) is 0 Å². The maximum Gasteiger partial charge on any atom is 0.255 e. The van der Waals surface area contributed by atoms with E-state index in [1.807, 2.05) is 31.2 Å². The second-order valence-electron chi connectivity index (χ2n) is 4.23. The third kappa shape index (κ3) is 2.56. The van der Waals surface area contributed by atoms with E-state index in [1.165, 1.54) is 12.1 Å². The first-order chi connectivity index (χ1) is 8.58. The molecule has 2 aromatic rings. The van der Waals surface area contributed by atoms with Crippen LogP contribution in [0.3, 0.4) is 0 Å². The van der Waals surface area contributed by atoms with Gasteiger partial charge in [0.2, 0.25) is 0 Å². The lowest BCUT2D eigenvalue weighted by Gasteiger charge is -2.08. The summed E-state index contributed by atoms with van der Waals surface area (Å²) in [6.07, 6.45) is 0. The van der Waals surface area contributed by atoms with Crippen LogP contribution in [0.5, 0.6) is 0 Å². The molecule has 0 aliphatic rings. The molecule has 0 saturated carbocycles. The van der Waals surface area contributed by atoms with Gasteiger partial charge in [0.25, 0.3) is 5.91 Å². The van der Waals surface area contributed by atoms with Crippen molar-refractivity contribution in [3.05, 3.63) is 65.0 Å². The van der Waals surface area contributed by atoms with E-state index in [0.29, 0.717) is 11.1 Å². The molecular formula is C15H14FNO. The highest BCUT2D eigenvalue weighted by atomic mass is 19.1. The molecule has 3 heteroatoms. The van der Waals surface area contributed by atoms with Crippen LogP contribution in [0, 0.1) is 19.7 Å². The van der Waals surface area contributed by atoms with Gasteiger partial charge in [0.15, 0.2) is 0 Å². The Kier molecular flexibility index (Phi) is 3.42. The summed E-state index contributed by atoms with van der Waals surface area (Å²) in [5.41, 5.74) is 2.68. The summed E-state index contributed by atoms with van der Waals surface area (Å²) in [5.74, 6) is -0.533. The molecule has 0 radical (unpaired) electrons. The molecule has 18 heavy (non-hydrogen) atoms. The zero-order valence-electron chi connectivity index (χ0n) is 10.3. The number of hydrogen-bond donors (Lipinski definition) is 1. The topological polar surface area (TPSA) is 29.1 Å². The zero-order valence-corrected chi connectivity index (χ0v) is 10.3. The number of rotatable bonds is 2. The second kappa shape index (κ2) is 5.00. The SMILES string of the molecule is Cc1cc(C(=O)Nc2ccccc2C)ccc1F. The highest BCUT2D eigenvalue weighted by Crippen LogP contribution is 2.16. The monoisotopic (exact) mass is 243 g/mol. The molecule has 0 saturated heterocycles. The highest BCUT2D eigenvalue weighted by Gasteiger charge is 2.08. The first-order valence-corrected chi connectivity index (χ1v) is 5.71. The van der Waals surface area contributed by atoms with E-state index in [9.17, 15) is 9.18 Å². The summed E-state index contributed by atoms with van der Waals surface area (Å²) in [7, 11) is 0. The van der Waals surface area contributed by atoms with E-state index in [0.717, 1.165) is 11.3 Å². The van der Waals surface area contributed by atoms with Crippen molar-refractivity contribution in [3.63, 3.8) is 0 Å². The first kappa shape index (κ1) is 12.3. The maximum atomic E-state index is 13.1. The summed E-state index contributed by atoms with van der Waals surface area (Å²) in [5, 5.41) is 2.81. The smallest absolute Gasteiger partial charge is 0.255 e. The van der Waals surface area contributed by atoms with Crippen LogP contribution in [0.2, 0.25) is 0 Å². The van der Waals surface area contributed by atoms with Crippen LogP contribution >= 0.6 is 0 Å². The van der Waals surface area contributed by atoms with Gasteiger partial charge in [-0.25, -0.2) is 4.39 Å². The number of benzene rings is 2. The Morgan fingerprint density at radius 3 is 2.44 bits per heavy atom.